The van der Waals surface area contributed by atoms with Gasteiger partial charge in [0.1, 0.15) is 5.39 Å². The van der Waals surface area contributed by atoms with E-state index >= 15 is 0 Å². The molecule has 0 bridgehead atoms. The molecule has 1 fully saturated rings. The molecule has 36 heavy (non-hydrogen) atoms. The van der Waals surface area contributed by atoms with Crippen LogP contribution >= 0.6 is 0 Å². The van der Waals surface area contributed by atoms with Gasteiger partial charge < -0.3 is 15.4 Å². The first-order valence-electron chi connectivity index (χ1n) is 11.3. The van der Waals surface area contributed by atoms with Crippen LogP contribution in [0.3, 0.4) is 0 Å². The quantitative estimate of drug-likeness (QED) is 0.347. The molecule has 1 aromatic carbocycles. The number of nitriles is 1. The lowest BCUT2D eigenvalue weighted by molar-refractivity contribution is -0.248. The molecule has 2 atom stereocenters. The van der Waals surface area contributed by atoms with Gasteiger partial charge in [-0.15, -0.1) is 0 Å². The van der Waals surface area contributed by atoms with E-state index in [1.165, 1.54) is 42.9 Å². The maximum atomic E-state index is 14.0. The third-order valence-corrected chi connectivity index (χ3v) is 6.48. The highest BCUT2D eigenvalue weighted by Crippen LogP contribution is 2.45. The van der Waals surface area contributed by atoms with Crippen LogP contribution in [-0.4, -0.2) is 31.0 Å². The van der Waals surface area contributed by atoms with Gasteiger partial charge in [0.15, 0.2) is 5.82 Å². The molecule has 0 spiro atoms. The number of fused-ring (bicyclic) bond motifs is 1. The highest BCUT2D eigenvalue weighted by Gasteiger charge is 2.56. The van der Waals surface area contributed by atoms with Gasteiger partial charge in [-0.2, -0.15) is 23.5 Å². The monoisotopic (exact) mass is 494 g/mol. The second-order valence-electron chi connectivity index (χ2n) is 8.77. The predicted molar refractivity (Wildman–Crippen MR) is 125 cm³/mol. The van der Waals surface area contributed by atoms with Crippen molar-refractivity contribution >= 4 is 22.4 Å². The number of aliphatic hydroxyl groups is 1. The Morgan fingerprint density at radius 1 is 1.14 bits per heavy atom. The van der Waals surface area contributed by atoms with Crippen molar-refractivity contribution in [2.75, 3.05) is 5.32 Å². The molecule has 1 aliphatic carbocycles. The maximum Gasteiger partial charge on any atom is 0.425 e. The summed E-state index contributed by atoms with van der Waals surface area (Å²) in [4.78, 5) is 19.0. The fourth-order valence-corrected chi connectivity index (χ4v) is 4.49. The van der Waals surface area contributed by atoms with Gasteiger partial charge in [-0.05, 0) is 54.7 Å². The Morgan fingerprint density at radius 3 is 2.42 bits per heavy atom. The first-order valence-corrected chi connectivity index (χ1v) is 11.3. The number of nitrogens with one attached hydrogen (secondary N) is 2. The Bertz CT molecular complexity index is 1490. The zero-order valence-corrected chi connectivity index (χ0v) is 18.8. The predicted octanol–water partition coefficient (Wildman–Crippen LogP) is 4.53. The minimum Gasteiger partial charge on any atom is -0.372 e. The molecule has 0 saturated heterocycles. The summed E-state index contributed by atoms with van der Waals surface area (Å²) in [6, 6.07) is 11.0. The van der Waals surface area contributed by atoms with Crippen molar-refractivity contribution < 1.29 is 18.3 Å². The number of pyridine rings is 2. The Labute approximate surface area is 203 Å². The Kier molecular flexibility index (Phi) is 5.76. The van der Waals surface area contributed by atoms with Gasteiger partial charge in [0.2, 0.25) is 5.60 Å². The lowest BCUT2D eigenvalue weighted by Crippen LogP contribution is -2.43. The number of benzene rings is 1. The Balaban J connectivity index is 1.52. The SMILES string of the molecule is N#CC[C@@H](C1CC1)n1nc(Nc2ccc(C(O)(c3ccncc3)C(F)(F)F)cc2)c2c(=O)[nH]ccc21. The van der Waals surface area contributed by atoms with Crippen LogP contribution in [0.25, 0.3) is 10.9 Å². The molecule has 0 aliphatic heterocycles. The normalized spacial score (nSPS) is 16.3. The highest BCUT2D eigenvalue weighted by atomic mass is 19.4. The average Bonchev–Trinajstić information content (AvgIpc) is 3.64. The minimum absolute atomic E-state index is 0.181. The number of H-pyrrole nitrogens is 1. The molecule has 3 aromatic heterocycles. The minimum atomic E-state index is -4.98. The fourth-order valence-electron chi connectivity index (χ4n) is 4.49. The van der Waals surface area contributed by atoms with Crippen molar-refractivity contribution in [3.63, 3.8) is 0 Å². The summed E-state index contributed by atoms with van der Waals surface area (Å²) in [5.41, 5.74) is -3.40. The van der Waals surface area contributed by atoms with Crippen LogP contribution in [0.5, 0.6) is 0 Å². The van der Waals surface area contributed by atoms with Crippen molar-refractivity contribution in [2.45, 2.75) is 37.1 Å². The number of aromatic nitrogens is 4. The average molecular weight is 494 g/mol. The van der Waals surface area contributed by atoms with Crippen LogP contribution in [0.1, 0.15) is 36.4 Å². The summed E-state index contributed by atoms with van der Waals surface area (Å²) >= 11 is 0. The van der Waals surface area contributed by atoms with E-state index in [0.717, 1.165) is 25.0 Å². The molecular weight excluding hydrogens is 473 g/mol. The molecule has 0 radical (unpaired) electrons. The number of halogens is 3. The van der Waals surface area contributed by atoms with Crippen molar-refractivity contribution in [2.24, 2.45) is 5.92 Å². The largest absolute Gasteiger partial charge is 0.425 e. The number of hydrogen-bond donors (Lipinski definition) is 3. The van der Waals surface area contributed by atoms with Gasteiger partial charge >= 0.3 is 6.18 Å². The van der Waals surface area contributed by atoms with Crippen LogP contribution in [0.2, 0.25) is 0 Å². The maximum absolute atomic E-state index is 14.0. The number of aromatic amines is 1. The van der Waals surface area contributed by atoms with Crippen molar-refractivity contribution in [1.82, 2.24) is 19.7 Å². The highest BCUT2D eigenvalue weighted by molar-refractivity contribution is 5.91. The van der Waals surface area contributed by atoms with E-state index in [0.29, 0.717) is 17.1 Å². The molecule has 11 heteroatoms. The molecular formula is C25H21F3N6O2. The van der Waals surface area contributed by atoms with Crippen molar-refractivity contribution in [3.8, 4) is 6.07 Å². The first kappa shape index (κ1) is 23.6. The zero-order valence-electron chi connectivity index (χ0n) is 18.8. The van der Waals surface area contributed by atoms with Crippen LogP contribution in [-0.2, 0) is 5.60 Å². The fraction of sp³-hybridized carbons (Fsp3) is 0.280. The molecule has 3 heterocycles. The molecule has 1 aliphatic rings. The van der Waals surface area contributed by atoms with Crippen molar-refractivity contribution in [1.29, 1.82) is 5.26 Å². The van der Waals surface area contributed by atoms with E-state index in [1.807, 2.05) is 0 Å². The Hall–Kier alpha value is -4.17. The molecule has 184 valence electrons. The standard InChI is InChI=1S/C25H21F3N6O2/c26-25(27,28)24(36,17-8-12-30-13-9-17)16-3-5-18(6-4-16)32-22-21-20(10-14-31-23(21)35)34(33-22)19(7-11-29)15-1-2-15/h3-6,8-10,12-15,19,36H,1-2,7H2,(H,31,35)(H,32,33)/t19-,24?/m0/s1. The smallest absolute Gasteiger partial charge is 0.372 e. The zero-order chi connectivity index (χ0) is 25.5. The Morgan fingerprint density at radius 2 is 1.81 bits per heavy atom. The second-order valence-corrected chi connectivity index (χ2v) is 8.77. The molecule has 8 nitrogen and oxygen atoms in total. The number of nitrogens with zero attached hydrogens (tertiary/aromatic N) is 4. The molecule has 1 unspecified atom stereocenters. The summed E-state index contributed by atoms with van der Waals surface area (Å²) in [5.74, 6) is 0.524. The lowest BCUT2D eigenvalue weighted by Gasteiger charge is -2.31. The lowest BCUT2D eigenvalue weighted by atomic mass is 9.86. The number of rotatable bonds is 7. The van der Waals surface area contributed by atoms with E-state index in [-0.39, 0.29) is 40.4 Å². The van der Waals surface area contributed by atoms with E-state index in [4.69, 9.17) is 0 Å². The van der Waals surface area contributed by atoms with Gasteiger partial charge in [-0.1, -0.05) is 12.1 Å². The van der Waals surface area contributed by atoms with E-state index in [1.54, 1.807) is 10.7 Å². The van der Waals surface area contributed by atoms with Crippen LogP contribution in [0, 0.1) is 17.2 Å². The summed E-state index contributed by atoms with van der Waals surface area (Å²) in [6.07, 6.45) is 1.08. The van der Waals surface area contributed by atoms with Gasteiger partial charge in [-0.3, -0.25) is 14.5 Å². The van der Waals surface area contributed by atoms with Crippen LogP contribution in [0.4, 0.5) is 24.7 Å². The van der Waals surface area contributed by atoms with E-state index in [2.05, 4.69) is 26.5 Å². The van der Waals surface area contributed by atoms with Gasteiger partial charge in [0.25, 0.3) is 5.56 Å². The number of anilines is 2. The third-order valence-electron chi connectivity index (χ3n) is 6.48. The van der Waals surface area contributed by atoms with E-state index < -0.39 is 11.8 Å². The molecule has 3 N–H and O–H groups in total. The third kappa shape index (κ3) is 3.99. The van der Waals surface area contributed by atoms with E-state index in [9.17, 15) is 28.3 Å². The second kappa shape index (κ2) is 8.80. The van der Waals surface area contributed by atoms with Crippen LogP contribution in [0.15, 0.2) is 65.8 Å². The topological polar surface area (TPSA) is 120 Å². The first-order chi connectivity index (χ1) is 17.2. The summed E-state index contributed by atoms with van der Waals surface area (Å²) in [5, 5.41) is 27.9. The molecule has 4 aromatic rings. The van der Waals surface area contributed by atoms with Gasteiger partial charge in [-0.25, -0.2) is 0 Å². The molecule has 5 rings (SSSR count). The summed E-state index contributed by atoms with van der Waals surface area (Å²) in [7, 11) is 0. The summed E-state index contributed by atoms with van der Waals surface area (Å²) < 4.78 is 43.7. The number of alkyl halides is 3. The molecule has 0 amide bonds. The summed E-state index contributed by atoms with van der Waals surface area (Å²) in [6.45, 7) is 0. The van der Waals surface area contributed by atoms with Crippen molar-refractivity contribution in [3.05, 3.63) is 82.5 Å². The van der Waals surface area contributed by atoms with Gasteiger partial charge in [0, 0.05) is 29.8 Å². The number of hydrogen-bond acceptors (Lipinski definition) is 6. The van der Waals surface area contributed by atoms with Gasteiger partial charge in [0.05, 0.1) is 24.0 Å². The van der Waals surface area contributed by atoms with Crippen LogP contribution < -0.4 is 10.9 Å². The molecule has 1 saturated carbocycles.